The maximum absolute atomic E-state index is 12.3. The minimum Gasteiger partial charge on any atom is -0.480 e. The molecule has 180 valence electrons. The number of aliphatic carboxylic acids is 1. The van der Waals surface area contributed by atoms with Gasteiger partial charge in [0.2, 0.25) is 0 Å². The first-order valence-electron chi connectivity index (χ1n) is 9.74. The van der Waals surface area contributed by atoms with Gasteiger partial charge in [-0.2, -0.15) is 18.2 Å². The van der Waals surface area contributed by atoms with Crippen LogP contribution in [0.2, 0.25) is 0 Å². The molecular weight excluding hydrogens is 461 g/mol. The van der Waals surface area contributed by atoms with Crippen LogP contribution in [-0.4, -0.2) is 57.1 Å². The molecule has 2 aromatic carbocycles. The van der Waals surface area contributed by atoms with Crippen molar-refractivity contribution in [3.63, 3.8) is 0 Å². The van der Waals surface area contributed by atoms with Crippen molar-refractivity contribution < 1.29 is 47.5 Å². The Labute approximate surface area is 190 Å². The maximum Gasteiger partial charge on any atom is 0.471 e. The fourth-order valence-electron chi connectivity index (χ4n) is 2.79. The van der Waals surface area contributed by atoms with Crippen LogP contribution in [0.25, 0.3) is 0 Å². The standard InChI is InChI=1S/C18H14F3NO4.C4H5NO3/c19-18(20,21)17(26)22-14(16(24)25)10-11-6-8-13(9-7-11)15(23)12-4-2-1-3-5-12;6-3-1-2-4(7)5(3)8/h1-9,14H,10H2,(H,22,26)(H,24,25);8H,1-2H2/t14-;/m0./s1. The zero-order chi connectivity index (χ0) is 25.5. The van der Waals surface area contributed by atoms with E-state index in [0.717, 1.165) is 0 Å². The third kappa shape index (κ3) is 7.24. The lowest BCUT2D eigenvalue weighted by Gasteiger charge is -2.16. The molecule has 3 rings (SSSR count). The van der Waals surface area contributed by atoms with Gasteiger partial charge in [0.05, 0.1) is 0 Å². The average Bonchev–Trinajstić information content (AvgIpc) is 3.09. The molecule has 0 spiro atoms. The first kappa shape index (κ1) is 26.2. The molecule has 0 unspecified atom stereocenters. The molecule has 3 amide bonds. The van der Waals surface area contributed by atoms with Crippen molar-refractivity contribution in [3.8, 4) is 0 Å². The predicted molar refractivity (Wildman–Crippen MR) is 109 cm³/mol. The normalized spacial score (nSPS) is 14.2. The summed E-state index contributed by atoms with van der Waals surface area (Å²) in [7, 11) is 0. The van der Waals surface area contributed by atoms with Gasteiger partial charge in [-0.15, -0.1) is 0 Å². The summed E-state index contributed by atoms with van der Waals surface area (Å²) >= 11 is 0. The summed E-state index contributed by atoms with van der Waals surface area (Å²) in [5.41, 5.74) is 1.19. The molecule has 1 saturated heterocycles. The molecule has 12 heteroatoms. The summed E-state index contributed by atoms with van der Waals surface area (Å²) in [6.07, 6.45) is -5.22. The van der Waals surface area contributed by atoms with Crippen LogP contribution in [0.4, 0.5) is 13.2 Å². The van der Waals surface area contributed by atoms with E-state index < -0.39 is 35.9 Å². The Morgan fingerprint density at radius 2 is 1.41 bits per heavy atom. The maximum atomic E-state index is 12.3. The number of benzene rings is 2. The highest BCUT2D eigenvalue weighted by Gasteiger charge is 2.40. The van der Waals surface area contributed by atoms with Crippen LogP contribution in [-0.2, 0) is 25.6 Å². The zero-order valence-electron chi connectivity index (χ0n) is 17.4. The zero-order valence-corrected chi connectivity index (χ0v) is 17.4. The third-order valence-corrected chi connectivity index (χ3v) is 4.58. The number of nitrogens with one attached hydrogen (secondary N) is 1. The Hall–Kier alpha value is -4.06. The number of hydrogen-bond acceptors (Lipinski definition) is 6. The predicted octanol–water partition coefficient (Wildman–Crippen LogP) is 2.12. The number of rotatable bonds is 6. The Morgan fingerprint density at radius 3 is 1.82 bits per heavy atom. The largest absolute Gasteiger partial charge is 0.480 e. The van der Waals surface area contributed by atoms with E-state index in [1.54, 1.807) is 30.3 Å². The Bertz CT molecular complexity index is 1050. The van der Waals surface area contributed by atoms with E-state index >= 15 is 0 Å². The highest BCUT2D eigenvalue weighted by atomic mass is 19.4. The van der Waals surface area contributed by atoms with Crippen LogP contribution < -0.4 is 5.32 Å². The van der Waals surface area contributed by atoms with Gasteiger partial charge in [0.25, 0.3) is 11.8 Å². The minimum atomic E-state index is -5.17. The molecular formula is C22H19F3N2O7. The van der Waals surface area contributed by atoms with Gasteiger partial charge in [-0.3, -0.25) is 24.4 Å². The highest BCUT2D eigenvalue weighted by Crippen LogP contribution is 2.16. The molecule has 0 aliphatic carbocycles. The van der Waals surface area contributed by atoms with Gasteiger partial charge in [-0.1, -0.05) is 54.6 Å². The summed E-state index contributed by atoms with van der Waals surface area (Å²) in [5, 5.41) is 19.0. The molecule has 1 atom stereocenters. The second-order valence-corrected chi connectivity index (χ2v) is 7.06. The number of hydrogen-bond donors (Lipinski definition) is 3. The highest BCUT2D eigenvalue weighted by molar-refractivity contribution is 6.09. The number of ketones is 1. The molecule has 0 radical (unpaired) electrons. The van der Waals surface area contributed by atoms with Crippen molar-refractivity contribution in [1.82, 2.24) is 10.4 Å². The van der Waals surface area contributed by atoms with Crippen LogP contribution in [0.5, 0.6) is 0 Å². The van der Waals surface area contributed by atoms with E-state index in [2.05, 4.69) is 0 Å². The van der Waals surface area contributed by atoms with E-state index in [1.807, 2.05) is 0 Å². The number of carbonyl (C=O) groups is 5. The number of carboxylic acids is 1. The molecule has 1 heterocycles. The molecule has 9 nitrogen and oxygen atoms in total. The van der Waals surface area contributed by atoms with Gasteiger partial charge in [-0.05, 0) is 5.56 Å². The van der Waals surface area contributed by atoms with E-state index in [9.17, 15) is 37.1 Å². The van der Waals surface area contributed by atoms with E-state index in [1.165, 1.54) is 29.6 Å². The first-order chi connectivity index (χ1) is 15.9. The smallest absolute Gasteiger partial charge is 0.471 e. The Morgan fingerprint density at radius 1 is 0.912 bits per heavy atom. The van der Waals surface area contributed by atoms with Crippen molar-refractivity contribution in [1.29, 1.82) is 0 Å². The van der Waals surface area contributed by atoms with E-state index in [-0.39, 0.29) is 30.1 Å². The quantitative estimate of drug-likeness (QED) is 0.327. The summed E-state index contributed by atoms with van der Waals surface area (Å²) in [4.78, 5) is 54.8. The van der Waals surface area contributed by atoms with Gasteiger partial charge in [0.15, 0.2) is 5.78 Å². The lowest BCUT2D eigenvalue weighted by molar-refractivity contribution is -0.175. The molecule has 1 fully saturated rings. The van der Waals surface area contributed by atoms with Gasteiger partial charge in [-0.25, -0.2) is 4.79 Å². The molecule has 1 aliphatic rings. The summed E-state index contributed by atoms with van der Waals surface area (Å²) < 4.78 is 36.8. The molecule has 0 aromatic heterocycles. The second-order valence-electron chi connectivity index (χ2n) is 7.06. The number of carboxylic acid groups (broad SMARTS) is 1. The fraction of sp³-hybridized carbons (Fsp3) is 0.227. The molecule has 2 aromatic rings. The number of halogens is 3. The van der Waals surface area contributed by atoms with Gasteiger partial charge in [0, 0.05) is 30.4 Å². The molecule has 0 saturated carbocycles. The molecule has 34 heavy (non-hydrogen) atoms. The molecule has 0 bridgehead atoms. The summed E-state index contributed by atoms with van der Waals surface area (Å²) in [6.45, 7) is 0. The number of nitrogens with zero attached hydrogens (tertiary/aromatic N) is 1. The average molecular weight is 480 g/mol. The van der Waals surface area contributed by atoms with Crippen molar-refractivity contribution >= 4 is 29.5 Å². The fourth-order valence-corrected chi connectivity index (χ4v) is 2.79. The second kappa shape index (κ2) is 11.2. The Balaban J connectivity index is 0.000000430. The Kier molecular flexibility index (Phi) is 8.62. The molecule has 1 aliphatic heterocycles. The third-order valence-electron chi connectivity index (χ3n) is 4.58. The van der Waals surface area contributed by atoms with Crippen molar-refractivity contribution in [3.05, 3.63) is 71.3 Å². The van der Waals surface area contributed by atoms with Gasteiger partial charge in [0.1, 0.15) is 6.04 Å². The number of hydroxylamine groups is 2. The van der Waals surface area contributed by atoms with Gasteiger partial charge >= 0.3 is 18.1 Å². The number of alkyl halides is 3. The van der Waals surface area contributed by atoms with Crippen LogP contribution in [0, 0.1) is 0 Å². The summed E-state index contributed by atoms with van der Waals surface area (Å²) in [5.74, 6) is -5.16. The lowest BCUT2D eigenvalue weighted by atomic mass is 9.99. The SMILES string of the molecule is O=C(c1ccccc1)c1ccc(C[C@H](NC(=O)C(F)(F)F)C(=O)O)cc1.O=C1CCC(=O)N1O. The molecule has 3 N–H and O–H groups in total. The first-order valence-corrected chi connectivity index (χ1v) is 9.74. The number of amides is 3. The van der Waals surface area contributed by atoms with E-state index in [0.29, 0.717) is 16.7 Å². The van der Waals surface area contributed by atoms with Crippen LogP contribution in [0.3, 0.4) is 0 Å². The summed E-state index contributed by atoms with van der Waals surface area (Å²) in [6, 6.07) is 12.5. The minimum absolute atomic E-state index is 0.148. The lowest BCUT2D eigenvalue weighted by Crippen LogP contribution is -2.47. The van der Waals surface area contributed by atoms with Crippen LogP contribution in [0.15, 0.2) is 54.6 Å². The number of carbonyl (C=O) groups excluding carboxylic acids is 4. The van der Waals surface area contributed by atoms with Gasteiger partial charge < -0.3 is 10.4 Å². The monoisotopic (exact) mass is 480 g/mol. The van der Waals surface area contributed by atoms with Crippen molar-refractivity contribution in [2.45, 2.75) is 31.5 Å². The van der Waals surface area contributed by atoms with Crippen molar-refractivity contribution in [2.24, 2.45) is 0 Å². The topological polar surface area (TPSA) is 141 Å². The van der Waals surface area contributed by atoms with Crippen LogP contribution >= 0.6 is 0 Å². The van der Waals surface area contributed by atoms with E-state index in [4.69, 9.17) is 10.3 Å². The number of imide groups is 1. The van der Waals surface area contributed by atoms with Crippen LogP contribution in [0.1, 0.15) is 34.3 Å². The van der Waals surface area contributed by atoms with Crippen molar-refractivity contribution in [2.75, 3.05) is 0 Å².